The molecule has 0 unspecified atom stereocenters. The number of hydrogen-bond acceptors (Lipinski definition) is 1. The van der Waals surface area contributed by atoms with E-state index in [9.17, 15) is 0 Å². The highest BCUT2D eigenvalue weighted by Gasteiger charge is 2.15. The highest BCUT2D eigenvalue weighted by molar-refractivity contribution is 5.84. The van der Waals surface area contributed by atoms with Crippen LogP contribution in [0.25, 0.3) is 10.9 Å². The molecule has 1 saturated carbocycles. The Kier molecular flexibility index (Phi) is 3.61. The number of aryl methyl sites for hydroxylation is 2. The first kappa shape index (κ1) is 12.7. The Hall–Kier alpha value is -1.28. The zero-order valence-electron chi connectivity index (χ0n) is 12.1. The summed E-state index contributed by atoms with van der Waals surface area (Å²) in [6.07, 6.45) is 7.82. The van der Waals surface area contributed by atoms with E-state index in [1.54, 1.807) is 0 Å². The van der Waals surface area contributed by atoms with Crippen molar-refractivity contribution >= 4 is 10.9 Å². The predicted octanol–water partition coefficient (Wildman–Crippen LogP) is 4.00. The van der Waals surface area contributed by atoms with E-state index in [0.29, 0.717) is 0 Å². The first-order valence-electron chi connectivity index (χ1n) is 7.59. The largest absolute Gasteiger partial charge is 0.347 e. The number of benzene rings is 1. The van der Waals surface area contributed by atoms with Crippen molar-refractivity contribution in [3.63, 3.8) is 0 Å². The molecule has 2 nitrogen and oxygen atoms in total. The monoisotopic (exact) mass is 256 g/mol. The van der Waals surface area contributed by atoms with Gasteiger partial charge in [0.05, 0.1) is 0 Å². The van der Waals surface area contributed by atoms with Crippen LogP contribution >= 0.6 is 0 Å². The number of aromatic nitrogens is 1. The van der Waals surface area contributed by atoms with Crippen molar-refractivity contribution in [2.24, 2.45) is 0 Å². The standard InChI is InChI=1S/C17H24N2/c1-3-19-12-14(11-18-15-6-4-5-7-15)16-9-8-13(2)10-17(16)19/h8-10,12,15,18H,3-7,11H2,1-2H3. The van der Waals surface area contributed by atoms with Gasteiger partial charge in [0, 0.05) is 36.2 Å². The Morgan fingerprint density at radius 3 is 2.79 bits per heavy atom. The molecule has 3 rings (SSSR count). The second kappa shape index (κ2) is 5.38. The summed E-state index contributed by atoms with van der Waals surface area (Å²) in [4.78, 5) is 0. The molecule has 0 atom stereocenters. The third-order valence-electron chi connectivity index (χ3n) is 4.40. The molecular weight excluding hydrogens is 232 g/mol. The Labute approximate surface area is 115 Å². The average molecular weight is 256 g/mol. The summed E-state index contributed by atoms with van der Waals surface area (Å²) in [6, 6.07) is 7.55. The van der Waals surface area contributed by atoms with Gasteiger partial charge in [-0.2, -0.15) is 0 Å². The van der Waals surface area contributed by atoms with Gasteiger partial charge in [0.2, 0.25) is 0 Å². The number of fused-ring (bicyclic) bond motifs is 1. The van der Waals surface area contributed by atoms with Crippen molar-refractivity contribution in [1.82, 2.24) is 9.88 Å². The van der Waals surface area contributed by atoms with Crippen LogP contribution in [0.1, 0.15) is 43.7 Å². The number of rotatable bonds is 4. The van der Waals surface area contributed by atoms with Crippen LogP contribution in [0, 0.1) is 6.92 Å². The lowest BCUT2D eigenvalue weighted by atomic mass is 10.1. The molecule has 0 saturated heterocycles. The molecule has 2 heteroatoms. The Morgan fingerprint density at radius 2 is 2.05 bits per heavy atom. The lowest BCUT2D eigenvalue weighted by Crippen LogP contribution is -2.25. The summed E-state index contributed by atoms with van der Waals surface area (Å²) in [5.74, 6) is 0. The van der Waals surface area contributed by atoms with E-state index >= 15 is 0 Å². The molecule has 1 aliphatic carbocycles. The van der Waals surface area contributed by atoms with Crippen LogP contribution in [-0.2, 0) is 13.1 Å². The van der Waals surface area contributed by atoms with E-state index in [4.69, 9.17) is 0 Å². The van der Waals surface area contributed by atoms with Crippen LogP contribution in [-0.4, -0.2) is 10.6 Å². The molecule has 0 spiro atoms. The van der Waals surface area contributed by atoms with Crippen LogP contribution in [0.5, 0.6) is 0 Å². The van der Waals surface area contributed by atoms with Crippen LogP contribution in [0.3, 0.4) is 0 Å². The van der Waals surface area contributed by atoms with Gasteiger partial charge >= 0.3 is 0 Å². The fourth-order valence-electron chi connectivity index (χ4n) is 3.26. The Morgan fingerprint density at radius 1 is 1.26 bits per heavy atom. The van der Waals surface area contributed by atoms with Gasteiger partial charge in [0.25, 0.3) is 0 Å². The molecule has 0 amide bonds. The maximum absolute atomic E-state index is 3.73. The minimum atomic E-state index is 0.741. The first-order chi connectivity index (χ1) is 9.28. The molecule has 0 radical (unpaired) electrons. The molecule has 1 aliphatic rings. The molecule has 0 bridgehead atoms. The van der Waals surface area contributed by atoms with Gasteiger partial charge in [0.1, 0.15) is 0 Å². The van der Waals surface area contributed by atoms with Gasteiger partial charge in [-0.25, -0.2) is 0 Å². The number of hydrogen-bond donors (Lipinski definition) is 1. The van der Waals surface area contributed by atoms with Crippen LogP contribution in [0.2, 0.25) is 0 Å². The van der Waals surface area contributed by atoms with Gasteiger partial charge in [-0.15, -0.1) is 0 Å². The molecule has 102 valence electrons. The third kappa shape index (κ3) is 2.55. The fourth-order valence-corrected chi connectivity index (χ4v) is 3.26. The van der Waals surface area contributed by atoms with Gasteiger partial charge in [-0.1, -0.05) is 25.0 Å². The second-order valence-corrected chi connectivity index (χ2v) is 5.82. The molecule has 1 aromatic heterocycles. The molecule has 19 heavy (non-hydrogen) atoms. The summed E-state index contributed by atoms with van der Waals surface area (Å²) in [7, 11) is 0. The van der Waals surface area contributed by atoms with Crippen molar-refractivity contribution < 1.29 is 0 Å². The van der Waals surface area contributed by atoms with Crippen LogP contribution < -0.4 is 5.32 Å². The zero-order chi connectivity index (χ0) is 13.2. The van der Waals surface area contributed by atoms with Crippen molar-refractivity contribution in [3.05, 3.63) is 35.5 Å². The molecule has 1 heterocycles. The van der Waals surface area contributed by atoms with Crippen molar-refractivity contribution in [2.75, 3.05) is 0 Å². The smallest absolute Gasteiger partial charge is 0.0486 e. The van der Waals surface area contributed by atoms with Gasteiger partial charge in [0.15, 0.2) is 0 Å². The normalized spacial score (nSPS) is 16.5. The highest BCUT2D eigenvalue weighted by atomic mass is 15.0. The van der Waals surface area contributed by atoms with E-state index < -0.39 is 0 Å². The Balaban J connectivity index is 1.85. The SMILES string of the molecule is CCn1cc(CNC2CCCC2)c2ccc(C)cc21. The van der Waals surface area contributed by atoms with Crippen LogP contribution in [0.15, 0.2) is 24.4 Å². The van der Waals surface area contributed by atoms with E-state index in [-0.39, 0.29) is 0 Å². The highest BCUT2D eigenvalue weighted by Crippen LogP contribution is 2.24. The zero-order valence-corrected chi connectivity index (χ0v) is 12.1. The minimum Gasteiger partial charge on any atom is -0.347 e. The molecule has 1 N–H and O–H groups in total. The summed E-state index contributed by atoms with van der Waals surface area (Å²) in [5, 5.41) is 5.14. The lowest BCUT2D eigenvalue weighted by Gasteiger charge is -2.10. The maximum atomic E-state index is 3.73. The molecule has 1 fully saturated rings. The summed E-state index contributed by atoms with van der Waals surface area (Å²) < 4.78 is 2.37. The van der Waals surface area contributed by atoms with E-state index in [2.05, 4.69) is 48.1 Å². The van der Waals surface area contributed by atoms with Crippen molar-refractivity contribution in [2.45, 2.75) is 58.7 Å². The quantitative estimate of drug-likeness (QED) is 0.875. The first-order valence-corrected chi connectivity index (χ1v) is 7.59. The maximum Gasteiger partial charge on any atom is 0.0486 e. The van der Waals surface area contributed by atoms with E-state index in [0.717, 1.165) is 19.1 Å². The number of nitrogens with one attached hydrogen (secondary N) is 1. The van der Waals surface area contributed by atoms with E-state index in [1.807, 2.05) is 0 Å². The van der Waals surface area contributed by atoms with Gasteiger partial charge in [-0.3, -0.25) is 0 Å². The predicted molar refractivity (Wildman–Crippen MR) is 81.4 cm³/mol. The van der Waals surface area contributed by atoms with Gasteiger partial charge < -0.3 is 9.88 Å². The molecule has 0 aliphatic heterocycles. The average Bonchev–Trinajstić information content (AvgIpc) is 3.03. The Bertz CT molecular complexity index is 562. The third-order valence-corrected chi connectivity index (χ3v) is 4.40. The topological polar surface area (TPSA) is 17.0 Å². The lowest BCUT2D eigenvalue weighted by molar-refractivity contribution is 0.525. The van der Waals surface area contributed by atoms with Crippen molar-refractivity contribution in [1.29, 1.82) is 0 Å². The summed E-state index contributed by atoms with van der Waals surface area (Å²) >= 11 is 0. The fraction of sp³-hybridized carbons (Fsp3) is 0.529. The molecule has 1 aromatic carbocycles. The minimum absolute atomic E-state index is 0.741. The number of nitrogens with zero attached hydrogens (tertiary/aromatic N) is 1. The molecular formula is C17H24N2. The summed E-state index contributed by atoms with van der Waals surface area (Å²) in [6.45, 7) is 6.44. The second-order valence-electron chi connectivity index (χ2n) is 5.82. The van der Waals surface area contributed by atoms with E-state index in [1.165, 1.54) is 47.7 Å². The molecule has 2 aromatic rings. The van der Waals surface area contributed by atoms with Crippen molar-refractivity contribution in [3.8, 4) is 0 Å². The summed E-state index contributed by atoms with van der Waals surface area (Å²) in [5.41, 5.74) is 4.17. The van der Waals surface area contributed by atoms with Crippen LogP contribution in [0.4, 0.5) is 0 Å². The van der Waals surface area contributed by atoms with Gasteiger partial charge in [-0.05, 0) is 43.9 Å².